The molecule has 0 aromatic heterocycles. The van der Waals surface area contributed by atoms with Gasteiger partial charge in [0.05, 0.1) is 24.4 Å². The summed E-state index contributed by atoms with van der Waals surface area (Å²) in [6.45, 7) is 0.131. The zero-order valence-corrected chi connectivity index (χ0v) is 20.7. The Bertz CT molecular complexity index is 1060. The van der Waals surface area contributed by atoms with Crippen molar-refractivity contribution in [3.05, 3.63) is 42.3 Å². The third-order valence-corrected chi connectivity index (χ3v) is 10.4. The van der Waals surface area contributed by atoms with Crippen molar-refractivity contribution in [1.29, 1.82) is 0 Å². The molecule has 4 aliphatic carbocycles. The quantitative estimate of drug-likeness (QED) is 0.463. The summed E-state index contributed by atoms with van der Waals surface area (Å²) in [6, 6.07) is 9.34. The van der Waals surface area contributed by atoms with E-state index < -0.39 is 23.3 Å². The molecule has 1 radical (unpaired) electrons. The number of Topliss-reactive ketones (excluding diaryl/α,β-unsaturated/α-hetero) is 1. The minimum atomic E-state index is -1.74. The van der Waals surface area contributed by atoms with Crippen LogP contribution in [0.4, 0.5) is 0 Å². The van der Waals surface area contributed by atoms with Crippen LogP contribution in [0.25, 0.3) is 0 Å². The number of rotatable bonds is 7. The van der Waals surface area contributed by atoms with Crippen LogP contribution in [-0.4, -0.2) is 63.7 Å². The largest absolute Gasteiger partial charge is 0.367 e. The van der Waals surface area contributed by atoms with Crippen LogP contribution >= 0.6 is 11.8 Å². The maximum atomic E-state index is 14.0. The first-order valence-electron chi connectivity index (χ1n) is 12.8. The van der Waals surface area contributed by atoms with Gasteiger partial charge in [0.15, 0.2) is 5.78 Å². The van der Waals surface area contributed by atoms with Gasteiger partial charge in [-0.1, -0.05) is 30.3 Å². The molecule has 0 spiro atoms. The van der Waals surface area contributed by atoms with E-state index >= 15 is 0 Å². The van der Waals surface area contributed by atoms with E-state index in [0.29, 0.717) is 29.9 Å². The molecule has 4 unspecified atom stereocenters. The highest BCUT2D eigenvalue weighted by molar-refractivity contribution is 7.98. The van der Waals surface area contributed by atoms with Gasteiger partial charge in [0.25, 0.3) is 5.91 Å². The van der Waals surface area contributed by atoms with Crippen molar-refractivity contribution in [1.82, 2.24) is 9.80 Å². The maximum Gasteiger partial charge on any atom is 0.253 e. The monoisotopic (exact) mass is 494 g/mol. The molecule has 1 aromatic carbocycles. The second-order valence-corrected chi connectivity index (χ2v) is 12.2. The van der Waals surface area contributed by atoms with Gasteiger partial charge in [-0.3, -0.25) is 19.2 Å². The lowest BCUT2D eigenvalue weighted by molar-refractivity contribution is -0.149. The van der Waals surface area contributed by atoms with Crippen molar-refractivity contribution in [3.8, 4) is 0 Å². The molecule has 7 rings (SSSR count). The van der Waals surface area contributed by atoms with E-state index in [1.165, 1.54) is 23.3 Å². The second kappa shape index (κ2) is 8.36. The van der Waals surface area contributed by atoms with E-state index in [1.54, 1.807) is 16.7 Å². The predicted molar refractivity (Wildman–Crippen MR) is 132 cm³/mol. The van der Waals surface area contributed by atoms with Crippen LogP contribution in [-0.2, 0) is 24.9 Å². The molecular formula is C27H32N3O4S. The van der Waals surface area contributed by atoms with Crippen molar-refractivity contribution >= 4 is 35.3 Å². The van der Waals surface area contributed by atoms with E-state index in [9.17, 15) is 19.2 Å². The number of hydrogen-bond donors (Lipinski definition) is 1. The minimum absolute atomic E-state index is 0.0328. The molecule has 35 heavy (non-hydrogen) atoms. The molecule has 2 aliphatic heterocycles. The maximum absolute atomic E-state index is 14.0. The van der Waals surface area contributed by atoms with Crippen molar-refractivity contribution < 1.29 is 19.2 Å². The predicted octanol–water partition coefficient (Wildman–Crippen LogP) is 2.19. The van der Waals surface area contributed by atoms with E-state index in [4.69, 9.17) is 5.73 Å². The molecule has 3 amide bonds. The Labute approximate surface area is 210 Å². The topological polar surface area (TPSA) is 101 Å². The molecule has 2 N–H and O–H groups in total. The van der Waals surface area contributed by atoms with Crippen LogP contribution < -0.4 is 5.73 Å². The lowest BCUT2D eigenvalue weighted by atomic mass is 9.74. The summed E-state index contributed by atoms with van der Waals surface area (Å²) < 4.78 is 0. The van der Waals surface area contributed by atoms with Crippen molar-refractivity contribution in [3.63, 3.8) is 0 Å². The standard InChI is InChI=1S/C27H32N3O4S/c28-24(33)27-21(6-8-30(27)23(32)7-9-35-16-17-4-2-1-3-5-17)29(15-22(27)31)25(34)26-13-18-10-19(14-26)12-20(26)11-18/h1-5,7,18-21H,6,8-16H2,(H2,28,33). The molecule has 2 heterocycles. The summed E-state index contributed by atoms with van der Waals surface area (Å²) in [5, 5.41) is 0. The summed E-state index contributed by atoms with van der Waals surface area (Å²) in [4.78, 5) is 56.5. The summed E-state index contributed by atoms with van der Waals surface area (Å²) in [5.41, 5.74) is 4.92. The Morgan fingerprint density at radius 1 is 1.09 bits per heavy atom. The third kappa shape index (κ3) is 3.31. The molecule has 1 aromatic rings. The fraction of sp³-hybridized carbons (Fsp3) is 0.593. The summed E-state index contributed by atoms with van der Waals surface area (Å²) >= 11 is 1.59. The summed E-state index contributed by atoms with van der Waals surface area (Å²) in [5.74, 6) is 1.31. The minimum Gasteiger partial charge on any atom is -0.367 e. The van der Waals surface area contributed by atoms with E-state index in [0.717, 1.165) is 31.4 Å². The number of nitrogens with zero attached hydrogens (tertiary/aromatic N) is 2. The average Bonchev–Trinajstić information content (AvgIpc) is 3.52. The number of ketones is 1. The number of primary amides is 1. The highest BCUT2D eigenvalue weighted by atomic mass is 32.2. The smallest absolute Gasteiger partial charge is 0.253 e. The van der Waals surface area contributed by atoms with Crippen molar-refractivity contribution in [2.75, 3.05) is 18.8 Å². The number of fused-ring (bicyclic) bond motifs is 1. The molecular weight excluding hydrogens is 462 g/mol. The SMILES string of the molecule is NC(=O)C12C(=O)CN(C(=O)C34CC5CC(CC3C5)C4)C1CCN2C(=O)[CH]CSCc1ccccc1. The summed E-state index contributed by atoms with van der Waals surface area (Å²) in [7, 11) is 0. The van der Waals surface area contributed by atoms with Gasteiger partial charge in [-0.05, 0) is 61.8 Å². The van der Waals surface area contributed by atoms with Crippen LogP contribution in [0.15, 0.2) is 30.3 Å². The van der Waals surface area contributed by atoms with Crippen LogP contribution in [0.3, 0.4) is 0 Å². The van der Waals surface area contributed by atoms with Crippen LogP contribution in [0.1, 0.15) is 44.1 Å². The van der Waals surface area contributed by atoms with E-state index in [2.05, 4.69) is 0 Å². The Kier molecular flexibility index (Phi) is 5.51. The number of hydrogen-bond acceptors (Lipinski definition) is 5. The van der Waals surface area contributed by atoms with Gasteiger partial charge in [-0.15, -0.1) is 0 Å². The van der Waals surface area contributed by atoms with Gasteiger partial charge in [0, 0.05) is 18.1 Å². The third-order valence-electron chi connectivity index (χ3n) is 9.45. The summed E-state index contributed by atoms with van der Waals surface area (Å²) in [6.07, 6.45) is 7.19. The van der Waals surface area contributed by atoms with Crippen molar-refractivity contribution in [2.45, 2.75) is 55.9 Å². The zero-order valence-electron chi connectivity index (χ0n) is 19.9. The Morgan fingerprint density at radius 3 is 2.49 bits per heavy atom. The Balaban J connectivity index is 1.17. The van der Waals surface area contributed by atoms with Crippen molar-refractivity contribution in [2.24, 2.45) is 28.9 Å². The fourth-order valence-electron chi connectivity index (χ4n) is 8.27. The first kappa shape index (κ1) is 23.1. The van der Waals surface area contributed by atoms with E-state index in [1.807, 2.05) is 30.3 Å². The second-order valence-electron chi connectivity index (χ2n) is 11.2. The van der Waals surface area contributed by atoms with Gasteiger partial charge in [-0.25, -0.2) is 0 Å². The number of amides is 3. The molecule has 2 saturated heterocycles. The molecule has 4 saturated carbocycles. The number of benzene rings is 1. The van der Waals surface area contributed by atoms with Crippen LogP contribution in [0.2, 0.25) is 0 Å². The fourth-order valence-corrected chi connectivity index (χ4v) is 9.08. The number of carbonyl (C=O) groups is 4. The van der Waals surface area contributed by atoms with Gasteiger partial charge >= 0.3 is 0 Å². The van der Waals surface area contributed by atoms with Crippen LogP contribution in [0.5, 0.6) is 0 Å². The molecule has 8 heteroatoms. The zero-order chi connectivity index (χ0) is 24.4. The molecule has 6 aliphatic rings. The average molecular weight is 495 g/mol. The Morgan fingerprint density at radius 2 is 1.80 bits per heavy atom. The Hall–Kier alpha value is -2.35. The molecule has 4 bridgehead atoms. The van der Waals surface area contributed by atoms with Gasteiger partial charge in [-0.2, -0.15) is 11.8 Å². The highest BCUT2D eigenvalue weighted by Gasteiger charge is 2.70. The number of likely N-dealkylation sites (tertiary alicyclic amines) is 2. The lowest BCUT2D eigenvalue weighted by Gasteiger charge is -2.38. The van der Waals surface area contributed by atoms with Gasteiger partial charge < -0.3 is 15.5 Å². The first-order valence-corrected chi connectivity index (χ1v) is 13.9. The molecule has 185 valence electrons. The van der Waals surface area contributed by atoms with Crippen LogP contribution in [0, 0.1) is 29.6 Å². The molecule has 7 nitrogen and oxygen atoms in total. The number of carbonyl (C=O) groups excluding carboxylic acids is 4. The normalized spacial score (nSPS) is 36.7. The molecule has 6 fully saturated rings. The lowest BCUT2D eigenvalue weighted by Crippen LogP contribution is -2.64. The van der Waals surface area contributed by atoms with Gasteiger partial charge in [0.1, 0.15) is 0 Å². The first-order chi connectivity index (χ1) is 16.9. The highest BCUT2D eigenvalue weighted by Crippen LogP contribution is 2.66. The number of nitrogens with two attached hydrogens (primary N) is 1. The molecule has 4 atom stereocenters. The van der Waals surface area contributed by atoms with E-state index in [-0.39, 0.29) is 30.3 Å². The van der Waals surface area contributed by atoms with Gasteiger partial charge in [0.2, 0.25) is 17.4 Å². The number of thioether (sulfide) groups is 1.